The van der Waals surface area contributed by atoms with Crippen molar-refractivity contribution in [2.45, 2.75) is 19.3 Å². The summed E-state index contributed by atoms with van der Waals surface area (Å²) in [5.41, 5.74) is 7.72. The zero-order chi connectivity index (χ0) is 12.8. The molecule has 0 fully saturated rings. The summed E-state index contributed by atoms with van der Waals surface area (Å²) in [6.45, 7) is 1.84. The van der Waals surface area contributed by atoms with Gasteiger partial charge >= 0.3 is 0 Å². The van der Waals surface area contributed by atoms with E-state index in [1.807, 2.05) is 12.1 Å². The molecule has 0 atom stereocenters. The van der Waals surface area contributed by atoms with E-state index in [1.165, 1.54) is 11.1 Å². The normalized spacial score (nSPS) is 13.2. The van der Waals surface area contributed by atoms with E-state index in [4.69, 9.17) is 15.2 Å². The summed E-state index contributed by atoms with van der Waals surface area (Å²) < 4.78 is 10.6. The van der Waals surface area contributed by atoms with E-state index in [0.29, 0.717) is 19.6 Å². The predicted octanol–water partition coefficient (Wildman–Crippen LogP) is 1.10. The highest BCUT2D eigenvalue weighted by Gasteiger charge is 2.12. The molecule has 1 aromatic carbocycles. The first-order valence-corrected chi connectivity index (χ1v) is 6.33. The predicted molar refractivity (Wildman–Crippen MR) is 68.8 cm³/mol. The third kappa shape index (κ3) is 3.55. The van der Waals surface area contributed by atoms with E-state index in [-0.39, 0.29) is 12.4 Å². The number of benzene rings is 1. The fraction of sp³-hybridized carbons (Fsp3) is 0.500. The van der Waals surface area contributed by atoms with Crippen LogP contribution in [-0.2, 0) is 22.4 Å². The van der Waals surface area contributed by atoms with E-state index >= 15 is 0 Å². The first-order chi connectivity index (χ1) is 8.79. The van der Waals surface area contributed by atoms with E-state index in [0.717, 1.165) is 25.2 Å². The number of carbonyl (C=O) groups excluding carboxylic acids is 1. The smallest absolute Gasteiger partial charge is 0.158 e. The van der Waals surface area contributed by atoms with Gasteiger partial charge in [0.25, 0.3) is 0 Å². The van der Waals surface area contributed by atoms with Crippen LogP contribution in [0.1, 0.15) is 17.5 Å². The fourth-order valence-electron chi connectivity index (χ4n) is 2.02. The number of hydrogen-bond donors (Lipinski definition) is 1. The molecule has 0 aromatic heterocycles. The molecule has 0 spiro atoms. The Bertz CT molecular complexity index is 418. The Hall–Kier alpha value is -1.39. The minimum atomic E-state index is 0.125. The molecule has 1 aromatic rings. The monoisotopic (exact) mass is 249 g/mol. The Morgan fingerprint density at radius 1 is 1.44 bits per heavy atom. The lowest BCUT2D eigenvalue weighted by atomic mass is 10.0. The van der Waals surface area contributed by atoms with Gasteiger partial charge in [-0.1, -0.05) is 12.1 Å². The molecule has 0 saturated heterocycles. The van der Waals surface area contributed by atoms with Crippen LogP contribution in [0.4, 0.5) is 0 Å². The Morgan fingerprint density at radius 2 is 2.33 bits per heavy atom. The summed E-state index contributed by atoms with van der Waals surface area (Å²) in [6, 6.07) is 6.15. The van der Waals surface area contributed by atoms with Gasteiger partial charge in [-0.25, -0.2) is 0 Å². The van der Waals surface area contributed by atoms with Crippen molar-refractivity contribution >= 4 is 5.78 Å². The average Bonchev–Trinajstić information content (AvgIpc) is 2.84. The Balaban J connectivity index is 1.78. The van der Waals surface area contributed by atoms with Crippen LogP contribution in [0.25, 0.3) is 0 Å². The number of ketones is 1. The zero-order valence-electron chi connectivity index (χ0n) is 10.5. The van der Waals surface area contributed by atoms with Crippen LogP contribution in [0.2, 0.25) is 0 Å². The Kier molecular flexibility index (Phi) is 4.73. The molecule has 0 bridgehead atoms. The van der Waals surface area contributed by atoms with Crippen LogP contribution in [0, 0.1) is 0 Å². The second-order valence-corrected chi connectivity index (χ2v) is 4.42. The maximum absolute atomic E-state index is 11.5. The lowest BCUT2D eigenvalue weighted by Crippen LogP contribution is -2.14. The van der Waals surface area contributed by atoms with Crippen LogP contribution < -0.4 is 10.5 Å². The zero-order valence-corrected chi connectivity index (χ0v) is 10.5. The summed E-state index contributed by atoms with van der Waals surface area (Å²) in [7, 11) is 0. The number of Topliss-reactive ketones (excluding diaryl/α,β-unsaturated/α-hetero) is 1. The number of aryl methyl sites for hydroxylation is 1. The summed E-state index contributed by atoms with van der Waals surface area (Å²) >= 11 is 0. The number of hydrogen-bond acceptors (Lipinski definition) is 4. The van der Waals surface area contributed by atoms with Crippen LogP contribution in [0.3, 0.4) is 0 Å². The molecule has 98 valence electrons. The highest BCUT2D eigenvalue weighted by Crippen LogP contribution is 2.26. The van der Waals surface area contributed by atoms with Crippen molar-refractivity contribution in [2.24, 2.45) is 5.73 Å². The molecule has 0 saturated carbocycles. The van der Waals surface area contributed by atoms with Crippen molar-refractivity contribution in [2.75, 3.05) is 26.4 Å². The number of ether oxygens (including phenoxy) is 2. The van der Waals surface area contributed by atoms with Gasteiger partial charge in [-0.05, 0) is 23.6 Å². The molecule has 1 aliphatic heterocycles. The summed E-state index contributed by atoms with van der Waals surface area (Å²) in [5.74, 6) is 1.11. The van der Waals surface area contributed by atoms with E-state index in [9.17, 15) is 4.79 Å². The van der Waals surface area contributed by atoms with Crippen LogP contribution in [0.5, 0.6) is 5.75 Å². The second kappa shape index (κ2) is 6.52. The first-order valence-electron chi connectivity index (χ1n) is 6.33. The van der Waals surface area contributed by atoms with Gasteiger partial charge in [0.15, 0.2) is 5.78 Å². The Morgan fingerprint density at radius 3 is 3.17 bits per heavy atom. The van der Waals surface area contributed by atoms with Gasteiger partial charge in [0, 0.05) is 19.4 Å². The quantitative estimate of drug-likeness (QED) is 0.735. The van der Waals surface area contributed by atoms with Gasteiger partial charge in [-0.2, -0.15) is 0 Å². The molecule has 1 heterocycles. The molecule has 1 aliphatic rings. The number of carbonyl (C=O) groups is 1. The van der Waals surface area contributed by atoms with Crippen LogP contribution >= 0.6 is 0 Å². The van der Waals surface area contributed by atoms with E-state index in [1.54, 1.807) is 0 Å². The van der Waals surface area contributed by atoms with E-state index in [2.05, 4.69) is 6.07 Å². The number of nitrogens with two attached hydrogens (primary N) is 1. The van der Waals surface area contributed by atoms with E-state index < -0.39 is 0 Å². The molecule has 0 radical (unpaired) electrons. The molecular formula is C14H19NO3. The highest BCUT2D eigenvalue weighted by molar-refractivity contribution is 5.79. The molecule has 2 rings (SSSR count). The van der Waals surface area contributed by atoms with Crippen LogP contribution in [-0.4, -0.2) is 32.1 Å². The largest absolute Gasteiger partial charge is 0.493 e. The lowest BCUT2D eigenvalue weighted by Gasteiger charge is -2.04. The fourth-order valence-corrected chi connectivity index (χ4v) is 2.02. The molecule has 0 aliphatic carbocycles. The first kappa shape index (κ1) is 13.1. The van der Waals surface area contributed by atoms with Crippen LogP contribution in [0.15, 0.2) is 18.2 Å². The molecule has 0 amide bonds. The van der Waals surface area contributed by atoms with Crippen molar-refractivity contribution in [3.05, 3.63) is 29.3 Å². The maximum atomic E-state index is 11.5. The second-order valence-electron chi connectivity index (χ2n) is 4.42. The Labute approximate surface area is 107 Å². The lowest BCUT2D eigenvalue weighted by molar-refractivity contribution is -0.123. The van der Waals surface area contributed by atoms with Gasteiger partial charge in [0.1, 0.15) is 12.4 Å². The third-order valence-electron chi connectivity index (χ3n) is 2.97. The standard InChI is InChI=1S/C14H19NO3/c15-6-8-17-10-13(16)3-1-11-2-4-14-12(9-11)5-7-18-14/h2,4,9H,1,3,5-8,10,15H2. The molecular weight excluding hydrogens is 230 g/mol. The van der Waals surface area contributed by atoms with Crippen molar-refractivity contribution in [3.63, 3.8) is 0 Å². The van der Waals surface area contributed by atoms with Gasteiger partial charge in [-0.3, -0.25) is 4.79 Å². The van der Waals surface area contributed by atoms with Crippen molar-refractivity contribution in [1.82, 2.24) is 0 Å². The SMILES string of the molecule is NCCOCC(=O)CCc1ccc2c(c1)CCO2. The molecule has 2 N–H and O–H groups in total. The summed E-state index contributed by atoms with van der Waals surface area (Å²) in [6.07, 6.45) is 2.25. The average molecular weight is 249 g/mol. The highest BCUT2D eigenvalue weighted by atomic mass is 16.5. The van der Waals surface area contributed by atoms with Gasteiger partial charge in [-0.15, -0.1) is 0 Å². The van der Waals surface area contributed by atoms with Gasteiger partial charge in [0.2, 0.25) is 0 Å². The number of rotatable bonds is 7. The molecule has 18 heavy (non-hydrogen) atoms. The van der Waals surface area contributed by atoms with Crippen molar-refractivity contribution in [1.29, 1.82) is 0 Å². The summed E-state index contributed by atoms with van der Waals surface area (Å²) in [5, 5.41) is 0. The van der Waals surface area contributed by atoms with Gasteiger partial charge < -0.3 is 15.2 Å². The summed E-state index contributed by atoms with van der Waals surface area (Å²) in [4.78, 5) is 11.5. The van der Waals surface area contributed by atoms with Gasteiger partial charge in [0.05, 0.1) is 13.2 Å². The van der Waals surface area contributed by atoms with Crippen molar-refractivity contribution in [3.8, 4) is 5.75 Å². The molecule has 4 heteroatoms. The topological polar surface area (TPSA) is 61.5 Å². The minimum Gasteiger partial charge on any atom is -0.493 e. The molecule has 0 unspecified atom stereocenters. The third-order valence-corrected chi connectivity index (χ3v) is 2.97. The minimum absolute atomic E-state index is 0.125. The number of fused-ring (bicyclic) bond motifs is 1. The molecule has 4 nitrogen and oxygen atoms in total. The maximum Gasteiger partial charge on any atom is 0.158 e. The van der Waals surface area contributed by atoms with Crippen molar-refractivity contribution < 1.29 is 14.3 Å².